The average Bonchev–Trinajstić information content (AvgIpc) is 3.15. The van der Waals surface area contributed by atoms with Gasteiger partial charge >= 0.3 is 5.63 Å². The molecular weight excluding hydrogens is 402 g/mol. The smallest absolute Gasteiger partial charge is 0.347 e. The maximum atomic E-state index is 12.5. The minimum absolute atomic E-state index is 0.0654. The molecule has 4 aromatic rings. The van der Waals surface area contributed by atoms with Crippen LogP contribution in [0.25, 0.3) is 22.2 Å². The first-order valence-electron chi connectivity index (χ1n) is 8.00. The maximum Gasteiger partial charge on any atom is 0.347 e. The molecule has 0 spiro atoms. The maximum absolute atomic E-state index is 12.5. The van der Waals surface area contributed by atoms with E-state index in [0.717, 1.165) is 21.0 Å². The summed E-state index contributed by atoms with van der Waals surface area (Å²) in [6.07, 6.45) is 0. The van der Waals surface area contributed by atoms with E-state index in [0.29, 0.717) is 10.6 Å². The van der Waals surface area contributed by atoms with Gasteiger partial charge in [-0.2, -0.15) is 0 Å². The van der Waals surface area contributed by atoms with Crippen LogP contribution in [0.1, 0.15) is 10.4 Å². The minimum Gasteiger partial charge on any atom is -0.422 e. The van der Waals surface area contributed by atoms with E-state index in [1.54, 1.807) is 24.3 Å². The largest absolute Gasteiger partial charge is 0.422 e. The monoisotopic (exact) mass is 413 g/mol. The molecule has 0 radical (unpaired) electrons. The number of aromatic nitrogens is 1. The van der Waals surface area contributed by atoms with Crippen LogP contribution in [-0.2, 0) is 0 Å². The molecule has 0 atom stereocenters. The Labute approximate surface area is 167 Å². The standard InChI is InChI=1S/C20H12ClNO3S2/c21-14-7-5-12(6-8-14)16-10-26-20(22-16)27-11-17(23)15-9-13-3-1-2-4-18(13)25-19(15)24/h1-10H,11H2. The predicted molar refractivity (Wildman–Crippen MR) is 110 cm³/mol. The molecule has 2 aromatic carbocycles. The van der Waals surface area contributed by atoms with Gasteiger partial charge in [-0.05, 0) is 24.3 Å². The van der Waals surface area contributed by atoms with E-state index in [-0.39, 0.29) is 17.1 Å². The molecule has 0 saturated carbocycles. The summed E-state index contributed by atoms with van der Waals surface area (Å²) in [6, 6.07) is 16.1. The third kappa shape index (κ3) is 3.98. The number of hydrogen-bond acceptors (Lipinski definition) is 6. The number of para-hydroxylation sites is 1. The first kappa shape index (κ1) is 18.0. The number of halogens is 1. The Bertz CT molecular complexity index is 1180. The molecular formula is C20H12ClNO3S2. The SMILES string of the molecule is O=C(CSc1nc(-c2ccc(Cl)cc2)cs1)c1cc2ccccc2oc1=O. The molecule has 0 amide bonds. The lowest BCUT2D eigenvalue weighted by molar-refractivity contribution is 0.101. The first-order chi connectivity index (χ1) is 13.1. The van der Waals surface area contributed by atoms with Crippen molar-refractivity contribution in [2.45, 2.75) is 4.34 Å². The average molecular weight is 414 g/mol. The highest BCUT2D eigenvalue weighted by Gasteiger charge is 2.15. The van der Waals surface area contributed by atoms with Crippen molar-refractivity contribution in [2.24, 2.45) is 0 Å². The normalized spacial score (nSPS) is 11.0. The van der Waals surface area contributed by atoms with E-state index in [4.69, 9.17) is 16.0 Å². The molecule has 0 aliphatic carbocycles. The summed E-state index contributed by atoms with van der Waals surface area (Å²) in [4.78, 5) is 29.1. The van der Waals surface area contributed by atoms with Crippen LogP contribution in [0.5, 0.6) is 0 Å². The van der Waals surface area contributed by atoms with Gasteiger partial charge in [0.2, 0.25) is 0 Å². The number of thioether (sulfide) groups is 1. The number of carbonyl (C=O) groups is 1. The summed E-state index contributed by atoms with van der Waals surface area (Å²) in [7, 11) is 0. The van der Waals surface area contributed by atoms with Gasteiger partial charge in [-0.1, -0.05) is 53.7 Å². The molecule has 0 aliphatic rings. The second kappa shape index (κ2) is 7.68. The van der Waals surface area contributed by atoms with Crippen LogP contribution in [0.4, 0.5) is 0 Å². The highest BCUT2D eigenvalue weighted by atomic mass is 35.5. The summed E-state index contributed by atoms with van der Waals surface area (Å²) in [5, 5.41) is 3.33. The van der Waals surface area contributed by atoms with Crippen LogP contribution in [0.15, 0.2) is 73.5 Å². The van der Waals surface area contributed by atoms with Gasteiger partial charge in [0, 0.05) is 21.4 Å². The lowest BCUT2D eigenvalue weighted by atomic mass is 10.1. The highest BCUT2D eigenvalue weighted by Crippen LogP contribution is 2.29. The number of ketones is 1. The number of carbonyl (C=O) groups excluding carboxylic acids is 1. The minimum atomic E-state index is -0.611. The Balaban J connectivity index is 1.49. The highest BCUT2D eigenvalue weighted by molar-refractivity contribution is 8.01. The lowest BCUT2D eigenvalue weighted by Crippen LogP contribution is -2.15. The van der Waals surface area contributed by atoms with Crippen LogP contribution in [-0.4, -0.2) is 16.5 Å². The number of nitrogens with zero attached hydrogens (tertiary/aromatic N) is 1. The summed E-state index contributed by atoms with van der Waals surface area (Å²) < 4.78 is 5.99. The van der Waals surface area contributed by atoms with E-state index >= 15 is 0 Å². The quantitative estimate of drug-likeness (QED) is 0.244. The fourth-order valence-corrected chi connectivity index (χ4v) is 4.38. The summed E-state index contributed by atoms with van der Waals surface area (Å²) in [5.41, 5.74) is 1.72. The van der Waals surface area contributed by atoms with Crippen LogP contribution >= 0.6 is 34.7 Å². The Kier molecular flexibility index (Phi) is 5.11. The molecule has 134 valence electrons. The third-order valence-electron chi connectivity index (χ3n) is 3.89. The van der Waals surface area contributed by atoms with Crippen molar-refractivity contribution in [2.75, 3.05) is 5.75 Å². The molecule has 0 aliphatic heterocycles. The van der Waals surface area contributed by atoms with Crippen molar-refractivity contribution in [3.8, 4) is 11.3 Å². The van der Waals surface area contributed by atoms with Gasteiger partial charge in [0.1, 0.15) is 11.1 Å². The topological polar surface area (TPSA) is 60.2 Å². The molecule has 2 heterocycles. The van der Waals surface area contributed by atoms with E-state index < -0.39 is 5.63 Å². The molecule has 4 nitrogen and oxygen atoms in total. The zero-order chi connectivity index (χ0) is 18.8. The molecule has 0 saturated heterocycles. The van der Waals surface area contributed by atoms with E-state index in [9.17, 15) is 9.59 Å². The Hall–Kier alpha value is -2.41. The predicted octanol–water partition coefficient (Wildman–Crippen LogP) is 5.54. The Morgan fingerprint density at radius 2 is 1.93 bits per heavy atom. The van der Waals surface area contributed by atoms with Gasteiger partial charge in [0.15, 0.2) is 10.1 Å². The van der Waals surface area contributed by atoms with Crippen molar-refractivity contribution in [1.82, 2.24) is 4.98 Å². The zero-order valence-corrected chi connectivity index (χ0v) is 16.2. The van der Waals surface area contributed by atoms with Crippen molar-refractivity contribution >= 4 is 51.5 Å². The fourth-order valence-electron chi connectivity index (χ4n) is 2.54. The van der Waals surface area contributed by atoms with Crippen molar-refractivity contribution < 1.29 is 9.21 Å². The second-order valence-electron chi connectivity index (χ2n) is 5.70. The molecule has 4 rings (SSSR count). The van der Waals surface area contributed by atoms with Crippen molar-refractivity contribution in [3.63, 3.8) is 0 Å². The van der Waals surface area contributed by atoms with Crippen LogP contribution in [0.2, 0.25) is 5.02 Å². The van der Waals surface area contributed by atoms with Gasteiger partial charge in [0.05, 0.1) is 11.4 Å². The number of Topliss-reactive ketones (excluding diaryl/α,β-unsaturated/α-hetero) is 1. The first-order valence-corrected chi connectivity index (χ1v) is 10.2. The third-order valence-corrected chi connectivity index (χ3v) is 6.16. The zero-order valence-electron chi connectivity index (χ0n) is 13.8. The van der Waals surface area contributed by atoms with E-state index in [1.165, 1.54) is 23.1 Å². The molecule has 27 heavy (non-hydrogen) atoms. The fraction of sp³-hybridized carbons (Fsp3) is 0.0500. The number of hydrogen-bond donors (Lipinski definition) is 0. The number of benzene rings is 2. The molecule has 0 N–H and O–H groups in total. The molecule has 2 aromatic heterocycles. The molecule has 0 fully saturated rings. The van der Waals surface area contributed by atoms with Gasteiger partial charge in [0.25, 0.3) is 0 Å². The summed E-state index contributed by atoms with van der Waals surface area (Å²) in [5.74, 6) is -0.154. The Morgan fingerprint density at radius 1 is 1.15 bits per heavy atom. The van der Waals surface area contributed by atoms with Gasteiger partial charge in [-0.3, -0.25) is 4.79 Å². The van der Waals surface area contributed by atoms with Gasteiger partial charge in [-0.15, -0.1) is 11.3 Å². The number of rotatable bonds is 5. The molecule has 7 heteroatoms. The van der Waals surface area contributed by atoms with Crippen molar-refractivity contribution in [3.05, 3.63) is 81.0 Å². The molecule has 0 bridgehead atoms. The van der Waals surface area contributed by atoms with Crippen LogP contribution in [0.3, 0.4) is 0 Å². The Morgan fingerprint density at radius 3 is 2.74 bits per heavy atom. The summed E-state index contributed by atoms with van der Waals surface area (Å²) in [6.45, 7) is 0. The van der Waals surface area contributed by atoms with E-state index in [2.05, 4.69) is 4.98 Å². The number of thiazole rings is 1. The second-order valence-corrected chi connectivity index (χ2v) is 8.22. The van der Waals surface area contributed by atoms with E-state index in [1.807, 2.05) is 35.7 Å². The number of fused-ring (bicyclic) bond motifs is 1. The van der Waals surface area contributed by atoms with Crippen molar-refractivity contribution in [1.29, 1.82) is 0 Å². The van der Waals surface area contributed by atoms with Gasteiger partial charge in [-0.25, -0.2) is 9.78 Å². The summed E-state index contributed by atoms with van der Waals surface area (Å²) >= 11 is 8.67. The lowest BCUT2D eigenvalue weighted by Gasteiger charge is -2.01. The van der Waals surface area contributed by atoms with Crippen LogP contribution in [0, 0.1) is 0 Å². The van der Waals surface area contributed by atoms with Crippen LogP contribution < -0.4 is 5.63 Å². The molecule has 0 unspecified atom stereocenters. The van der Waals surface area contributed by atoms with Gasteiger partial charge < -0.3 is 4.42 Å².